The van der Waals surface area contributed by atoms with Gasteiger partial charge in [-0.1, -0.05) is 0 Å². The van der Waals surface area contributed by atoms with Crippen molar-refractivity contribution in [2.75, 3.05) is 13.2 Å². The average Bonchev–Trinajstić information content (AvgIpc) is 3.52. The van der Waals surface area contributed by atoms with Crippen LogP contribution in [0.1, 0.15) is 59.8 Å². The van der Waals surface area contributed by atoms with E-state index >= 15 is 0 Å². The molecule has 0 bridgehead atoms. The van der Waals surface area contributed by atoms with Gasteiger partial charge in [0.15, 0.2) is 17.3 Å². The van der Waals surface area contributed by atoms with Crippen LogP contribution in [-0.2, 0) is 28.7 Å². The van der Waals surface area contributed by atoms with E-state index in [9.17, 15) is 35.9 Å². The Morgan fingerprint density at radius 3 is 2.44 bits per heavy atom. The van der Waals surface area contributed by atoms with E-state index in [1.165, 1.54) is 11.8 Å². The summed E-state index contributed by atoms with van der Waals surface area (Å²) in [7, 11) is 0. The summed E-state index contributed by atoms with van der Waals surface area (Å²) in [5, 5.41) is 0. The number of fused-ring (bicyclic) bond motifs is 1. The normalized spacial score (nSPS) is 18.7. The molecule has 1 amide bonds. The van der Waals surface area contributed by atoms with E-state index in [0.29, 0.717) is 12.1 Å². The summed E-state index contributed by atoms with van der Waals surface area (Å²) in [5.74, 6) is -6.25. The Balaban J connectivity index is 1.52. The summed E-state index contributed by atoms with van der Waals surface area (Å²) in [6.07, 6.45) is -3.70. The van der Waals surface area contributed by atoms with Crippen molar-refractivity contribution in [3.05, 3.63) is 52.4 Å². The fraction of sp³-hybridized carbons (Fsp3) is 0.522. The molecule has 2 heterocycles. The Kier molecular flexibility index (Phi) is 7.04. The van der Waals surface area contributed by atoms with Gasteiger partial charge in [-0.15, -0.1) is 0 Å². The van der Waals surface area contributed by atoms with Gasteiger partial charge in [-0.25, -0.2) is 22.9 Å². The number of imidazole rings is 1. The van der Waals surface area contributed by atoms with Crippen molar-refractivity contribution >= 4 is 11.9 Å². The Bertz CT molecular complexity index is 1180. The predicted molar refractivity (Wildman–Crippen MR) is 113 cm³/mol. The van der Waals surface area contributed by atoms with Crippen molar-refractivity contribution in [3.8, 4) is 0 Å². The zero-order valence-corrected chi connectivity index (χ0v) is 19.2. The Morgan fingerprint density at radius 1 is 1.14 bits per heavy atom. The van der Waals surface area contributed by atoms with Gasteiger partial charge in [-0.05, 0) is 43.7 Å². The van der Waals surface area contributed by atoms with Crippen molar-refractivity contribution in [2.45, 2.75) is 57.4 Å². The third kappa shape index (κ3) is 5.35. The van der Waals surface area contributed by atoms with Crippen LogP contribution in [0.2, 0.25) is 0 Å². The van der Waals surface area contributed by atoms with Crippen molar-refractivity contribution in [3.63, 3.8) is 0 Å². The highest BCUT2D eigenvalue weighted by molar-refractivity contribution is 5.89. The van der Waals surface area contributed by atoms with Gasteiger partial charge in [0.2, 0.25) is 11.7 Å². The highest BCUT2D eigenvalue weighted by atomic mass is 19.4. The lowest BCUT2D eigenvalue weighted by atomic mass is 10.0. The van der Waals surface area contributed by atoms with E-state index in [4.69, 9.17) is 10.5 Å². The smallest absolute Gasteiger partial charge is 0.449 e. The molecule has 1 aromatic carbocycles. The van der Waals surface area contributed by atoms with Gasteiger partial charge in [-0.3, -0.25) is 4.79 Å². The molecule has 1 aromatic heterocycles. The number of nitrogens with two attached hydrogens (primary N) is 1. The lowest BCUT2D eigenvalue weighted by Crippen LogP contribution is -2.44. The third-order valence-electron chi connectivity index (χ3n) is 6.36. The molecule has 1 aliphatic carbocycles. The van der Waals surface area contributed by atoms with Crippen molar-refractivity contribution < 1.29 is 40.7 Å². The number of hydrogen-bond donors (Lipinski definition) is 1. The second kappa shape index (κ2) is 9.75. The summed E-state index contributed by atoms with van der Waals surface area (Å²) in [4.78, 5) is 30.4. The number of nitrogens with zero attached hydrogens (tertiary/aromatic N) is 3. The fourth-order valence-electron chi connectivity index (χ4n) is 4.33. The van der Waals surface area contributed by atoms with Crippen molar-refractivity contribution in [1.29, 1.82) is 0 Å². The SMILES string of the molecule is CC1c2c(C(=O)OCC3CC3)nc(C(F)(F)F)n2CCN1C(=O)C[C@H](N)Cc1cc(F)c(F)cc1F. The molecule has 1 fully saturated rings. The van der Waals surface area contributed by atoms with Crippen molar-refractivity contribution in [2.24, 2.45) is 11.7 Å². The number of carbonyl (C=O) groups is 2. The molecule has 2 N–H and O–H groups in total. The highest BCUT2D eigenvalue weighted by Gasteiger charge is 2.44. The largest absolute Gasteiger partial charge is 0.461 e. The first-order valence-corrected chi connectivity index (χ1v) is 11.4. The molecule has 1 saturated carbocycles. The maximum absolute atomic E-state index is 13.9. The minimum Gasteiger partial charge on any atom is -0.461 e. The van der Waals surface area contributed by atoms with Gasteiger partial charge in [-0.2, -0.15) is 13.2 Å². The van der Waals surface area contributed by atoms with Gasteiger partial charge in [0.1, 0.15) is 5.82 Å². The van der Waals surface area contributed by atoms with Crippen LogP contribution in [0.15, 0.2) is 12.1 Å². The zero-order valence-electron chi connectivity index (χ0n) is 19.2. The molecule has 1 unspecified atom stereocenters. The number of aromatic nitrogens is 2. The molecule has 1 aliphatic heterocycles. The number of esters is 1. The van der Waals surface area contributed by atoms with Gasteiger partial charge in [0.05, 0.1) is 18.3 Å². The van der Waals surface area contributed by atoms with Gasteiger partial charge >= 0.3 is 12.1 Å². The molecule has 0 spiro atoms. The molecule has 13 heteroatoms. The molecular weight excluding hydrogens is 494 g/mol. The minimum atomic E-state index is -4.83. The van der Waals surface area contributed by atoms with Crippen LogP contribution in [0.25, 0.3) is 0 Å². The number of rotatable bonds is 7. The molecule has 2 aromatic rings. The Hall–Kier alpha value is -3.09. The fourth-order valence-corrected chi connectivity index (χ4v) is 4.33. The standard InChI is InChI=1S/C23H24F6N4O3/c1-11-20-19(21(35)36-10-12-2-3-12)31-22(23(27,28)29)33(20)5-4-32(11)18(34)8-14(30)6-13-7-16(25)17(26)9-15(13)24/h7,9,11-12,14H,2-6,8,10,30H2,1H3/t11?,14-/m1/s1. The second-order valence-electron chi connectivity index (χ2n) is 9.15. The van der Waals surface area contributed by atoms with E-state index in [1.807, 2.05) is 0 Å². The lowest BCUT2D eigenvalue weighted by Gasteiger charge is -2.36. The number of hydrogen-bond acceptors (Lipinski definition) is 5. The molecule has 7 nitrogen and oxygen atoms in total. The van der Waals surface area contributed by atoms with Crippen LogP contribution in [0.4, 0.5) is 26.3 Å². The maximum atomic E-state index is 13.9. The first-order valence-electron chi connectivity index (χ1n) is 11.4. The van der Waals surface area contributed by atoms with Crippen LogP contribution in [0.3, 0.4) is 0 Å². The number of amides is 1. The zero-order chi connectivity index (χ0) is 26.4. The van der Waals surface area contributed by atoms with E-state index in [1.54, 1.807) is 0 Å². The Labute approximate surface area is 202 Å². The molecule has 2 aliphatic rings. The summed E-state index contributed by atoms with van der Waals surface area (Å²) in [5.41, 5.74) is 5.15. The molecule has 4 rings (SSSR count). The molecule has 2 atom stereocenters. The summed E-state index contributed by atoms with van der Waals surface area (Å²) >= 11 is 0. The number of ether oxygens (including phenoxy) is 1. The molecular formula is C23H24F6N4O3. The molecule has 0 radical (unpaired) electrons. The van der Waals surface area contributed by atoms with Gasteiger partial charge < -0.3 is 19.9 Å². The van der Waals surface area contributed by atoms with E-state index < -0.39 is 59.1 Å². The van der Waals surface area contributed by atoms with Crippen LogP contribution < -0.4 is 5.73 Å². The van der Waals surface area contributed by atoms with Crippen molar-refractivity contribution in [1.82, 2.24) is 14.5 Å². The number of carbonyl (C=O) groups excluding carboxylic acids is 2. The predicted octanol–water partition coefficient (Wildman–Crippen LogP) is 3.75. The third-order valence-corrected chi connectivity index (χ3v) is 6.36. The minimum absolute atomic E-state index is 0.0822. The van der Waals surface area contributed by atoms with Gasteiger partial charge in [0, 0.05) is 31.6 Å². The topological polar surface area (TPSA) is 90.5 Å². The number of alkyl halides is 3. The van der Waals surface area contributed by atoms with Crippen LogP contribution in [0.5, 0.6) is 0 Å². The number of halogens is 6. The van der Waals surface area contributed by atoms with Gasteiger partial charge in [0.25, 0.3) is 0 Å². The first kappa shape index (κ1) is 26.0. The highest BCUT2D eigenvalue weighted by Crippen LogP contribution is 2.37. The lowest BCUT2D eigenvalue weighted by molar-refractivity contribution is -0.148. The van der Waals surface area contributed by atoms with E-state index in [-0.39, 0.29) is 49.7 Å². The quantitative estimate of drug-likeness (QED) is 0.343. The summed E-state index contributed by atoms with van der Waals surface area (Å²) in [6.45, 7) is 1.16. The maximum Gasteiger partial charge on any atom is 0.449 e. The van der Waals surface area contributed by atoms with Crippen LogP contribution >= 0.6 is 0 Å². The monoisotopic (exact) mass is 518 g/mol. The number of benzene rings is 1. The molecule has 196 valence electrons. The first-order chi connectivity index (χ1) is 16.9. The average molecular weight is 518 g/mol. The van der Waals surface area contributed by atoms with Crippen LogP contribution in [-0.4, -0.2) is 45.5 Å². The summed E-state index contributed by atoms with van der Waals surface area (Å²) in [6, 6.07) is -0.903. The molecule has 0 saturated heterocycles. The molecule has 36 heavy (non-hydrogen) atoms. The summed E-state index contributed by atoms with van der Waals surface area (Å²) < 4.78 is 87.4. The van der Waals surface area contributed by atoms with E-state index in [2.05, 4.69) is 4.98 Å². The van der Waals surface area contributed by atoms with E-state index in [0.717, 1.165) is 17.4 Å². The second-order valence-corrected chi connectivity index (χ2v) is 9.15. The van der Waals surface area contributed by atoms with Crippen LogP contribution in [0, 0.1) is 23.4 Å². The Morgan fingerprint density at radius 2 is 1.81 bits per heavy atom.